The highest BCUT2D eigenvalue weighted by molar-refractivity contribution is 6.37. The van der Waals surface area contributed by atoms with Crippen LogP contribution in [0, 0.1) is 0 Å². The number of hydroxylamine groups is 1. The van der Waals surface area contributed by atoms with Gasteiger partial charge in [-0.25, -0.2) is 5.48 Å². The quantitative estimate of drug-likeness (QED) is 0.289. The molecule has 0 heterocycles. The normalized spacial score (nSPS) is 11.0. The zero-order valence-electron chi connectivity index (χ0n) is 6.72. The topological polar surface area (TPSA) is 73.7 Å². The molecule has 0 saturated heterocycles. The number of amidine groups is 1. The van der Waals surface area contributed by atoms with Crippen LogP contribution in [0.3, 0.4) is 0 Å². The molecule has 3 N–H and O–H groups in total. The van der Waals surface area contributed by atoms with E-state index >= 15 is 0 Å². The van der Waals surface area contributed by atoms with E-state index in [4.69, 9.17) is 5.21 Å². The van der Waals surface area contributed by atoms with Crippen LogP contribution < -0.4 is 10.8 Å². The lowest BCUT2D eigenvalue weighted by molar-refractivity contribution is -0.114. The molecule has 64 valence electrons. The van der Waals surface area contributed by atoms with Crippen LogP contribution >= 0.6 is 0 Å². The smallest absolute Gasteiger partial charge is 0.288 e. The van der Waals surface area contributed by atoms with Gasteiger partial charge >= 0.3 is 0 Å². The van der Waals surface area contributed by atoms with Crippen molar-refractivity contribution in [2.75, 3.05) is 13.6 Å². The summed E-state index contributed by atoms with van der Waals surface area (Å²) < 4.78 is 0. The van der Waals surface area contributed by atoms with Gasteiger partial charge in [-0.3, -0.25) is 15.0 Å². The van der Waals surface area contributed by atoms with Crippen molar-refractivity contribution in [1.82, 2.24) is 10.8 Å². The van der Waals surface area contributed by atoms with Gasteiger partial charge in [-0.1, -0.05) is 6.92 Å². The number of hydrogen-bond acceptors (Lipinski definition) is 3. The van der Waals surface area contributed by atoms with Crippen LogP contribution in [-0.2, 0) is 4.79 Å². The number of aliphatic imine (C=N–C) groups is 1. The Kier molecular flexibility index (Phi) is 5.10. The average molecular weight is 159 g/mol. The summed E-state index contributed by atoms with van der Waals surface area (Å²) in [4.78, 5) is 14.6. The van der Waals surface area contributed by atoms with Crippen molar-refractivity contribution in [2.45, 2.75) is 13.3 Å². The molecule has 0 aliphatic rings. The molecule has 0 aromatic heterocycles. The highest BCUT2D eigenvalue weighted by Gasteiger charge is 2.05. The Morgan fingerprint density at radius 3 is 2.64 bits per heavy atom. The van der Waals surface area contributed by atoms with Crippen LogP contribution in [0.1, 0.15) is 13.3 Å². The first-order valence-corrected chi connectivity index (χ1v) is 3.42. The zero-order chi connectivity index (χ0) is 8.69. The maximum absolute atomic E-state index is 10.8. The van der Waals surface area contributed by atoms with Crippen LogP contribution in [-0.4, -0.2) is 30.5 Å². The Hall–Kier alpha value is -1.10. The fourth-order valence-corrected chi connectivity index (χ4v) is 0.500. The molecule has 0 aliphatic carbocycles. The minimum Gasteiger partial charge on any atom is -0.352 e. The molecule has 5 nitrogen and oxygen atoms in total. The maximum atomic E-state index is 10.8. The molecule has 0 rings (SSSR count). The van der Waals surface area contributed by atoms with E-state index in [1.165, 1.54) is 7.05 Å². The van der Waals surface area contributed by atoms with Crippen LogP contribution in [0.15, 0.2) is 4.99 Å². The molecule has 0 aliphatic heterocycles. The molecular weight excluding hydrogens is 146 g/mol. The molecule has 0 unspecified atom stereocenters. The number of hydrogen-bond donors (Lipinski definition) is 3. The molecule has 5 heteroatoms. The Labute approximate surface area is 65.5 Å². The number of nitrogens with one attached hydrogen (secondary N) is 2. The number of rotatable bonds is 2. The van der Waals surface area contributed by atoms with Crippen LogP contribution in [0.2, 0.25) is 0 Å². The molecular formula is C6H13N3O2. The number of carbonyl (C=O) groups is 1. The molecule has 0 bridgehead atoms. The second-order valence-electron chi connectivity index (χ2n) is 1.92. The summed E-state index contributed by atoms with van der Waals surface area (Å²) in [5.41, 5.74) is 1.73. The molecule has 0 spiro atoms. The molecule has 1 amide bonds. The van der Waals surface area contributed by atoms with Gasteiger partial charge in [-0.05, 0) is 6.42 Å². The van der Waals surface area contributed by atoms with E-state index in [2.05, 4.69) is 10.3 Å². The molecule has 0 saturated carbocycles. The Bertz CT molecular complexity index is 156. The summed E-state index contributed by atoms with van der Waals surface area (Å²) in [6.45, 7) is 2.46. The second kappa shape index (κ2) is 5.67. The average Bonchev–Trinajstić information content (AvgIpc) is 2.05. The lowest BCUT2D eigenvalue weighted by atomic mass is 10.5. The third kappa shape index (κ3) is 3.57. The van der Waals surface area contributed by atoms with Gasteiger partial charge in [0.1, 0.15) is 0 Å². The molecule has 0 fully saturated rings. The van der Waals surface area contributed by atoms with Gasteiger partial charge in [0, 0.05) is 13.6 Å². The Morgan fingerprint density at radius 2 is 2.27 bits per heavy atom. The standard InChI is InChI=1S/C6H13N3O2/c1-3-4-8-5(9-11)6(10)7-2/h11H,3-4H2,1-2H3,(H,7,10)(H,8,9). The minimum absolute atomic E-state index is 0.0469. The molecule has 0 radical (unpaired) electrons. The van der Waals surface area contributed by atoms with Crippen molar-refractivity contribution in [1.29, 1.82) is 0 Å². The van der Waals surface area contributed by atoms with E-state index in [1.54, 1.807) is 5.48 Å². The van der Waals surface area contributed by atoms with E-state index in [0.717, 1.165) is 6.42 Å². The summed E-state index contributed by atoms with van der Waals surface area (Å²) in [7, 11) is 1.47. The fourth-order valence-electron chi connectivity index (χ4n) is 0.500. The maximum Gasteiger partial charge on any atom is 0.288 e. The van der Waals surface area contributed by atoms with Gasteiger partial charge in [0.05, 0.1) is 0 Å². The largest absolute Gasteiger partial charge is 0.352 e. The number of carbonyl (C=O) groups excluding carboxylic acids is 1. The van der Waals surface area contributed by atoms with Gasteiger partial charge in [0.15, 0.2) is 0 Å². The summed E-state index contributed by atoms with van der Waals surface area (Å²) in [5.74, 6) is -0.463. The van der Waals surface area contributed by atoms with Gasteiger partial charge in [-0.2, -0.15) is 0 Å². The predicted octanol–water partition coefficient (Wildman–Crippen LogP) is -0.480. The van der Waals surface area contributed by atoms with Crippen molar-refractivity contribution in [3.05, 3.63) is 0 Å². The fraction of sp³-hybridized carbons (Fsp3) is 0.667. The first kappa shape index (κ1) is 9.90. The van der Waals surface area contributed by atoms with Crippen molar-refractivity contribution < 1.29 is 10.0 Å². The third-order valence-electron chi connectivity index (χ3n) is 1.04. The number of amides is 1. The lowest BCUT2D eigenvalue weighted by Gasteiger charge is -2.01. The van der Waals surface area contributed by atoms with Crippen molar-refractivity contribution in [2.24, 2.45) is 4.99 Å². The van der Waals surface area contributed by atoms with E-state index in [1.807, 2.05) is 6.92 Å². The SMILES string of the molecule is CCCN=C(NO)C(=O)NC. The monoisotopic (exact) mass is 159 g/mol. The third-order valence-corrected chi connectivity index (χ3v) is 1.04. The first-order valence-electron chi connectivity index (χ1n) is 3.42. The lowest BCUT2D eigenvalue weighted by Crippen LogP contribution is -2.36. The molecule has 0 atom stereocenters. The second-order valence-corrected chi connectivity index (χ2v) is 1.92. The summed E-state index contributed by atoms with van der Waals surface area (Å²) in [6.07, 6.45) is 0.835. The van der Waals surface area contributed by atoms with Crippen LogP contribution in [0.25, 0.3) is 0 Å². The minimum atomic E-state index is -0.416. The highest BCUT2D eigenvalue weighted by Crippen LogP contribution is 1.79. The predicted molar refractivity (Wildman–Crippen MR) is 41.6 cm³/mol. The number of nitrogens with zero attached hydrogens (tertiary/aromatic N) is 1. The summed E-state index contributed by atoms with van der Waals surface area (Å²) in [6, 6.07) is 0. The Morgan fingerprint density at radius 1 is 1.64 bits per heavy atom. The molecule has 0 aromatic rings. The van der Waals surface area contributed by atoms with Crippen molar-refractivity contribution in [3.8, 4) is 0 Å². The van der Waals surface area contributed by atoms with Gasteiger partial charge in [-0.15, -0.1) is 0 Å². The summed E-state index contributed by atoms with van der Waals surface area (Å²) >= 11 is 0. The van der Waals surface area contributed by atoms with E-state index in [9.17, 15) is 4.79 Å². The van der Waals surface area contributed by atoms with Crippen molar-refractivity contribution >= 4 is 11.7 Å². The summed E-state index contributed by atoms with van der Waals surface area (Å²) in [5, 5.41) is 10.7. The zero-order valence-corrected chi connectivity index (χ0v) is 6.72. The van der Waals surface area contributed by atoms with E-state index in [0.29, 0.717) is 6.54 Å². The highest BCUT2D eigenvalue weighted by atomic mass is 16.5. The Balaban J connectivity index is 4.03. The van der Waals surface area contributed by atoms with Crippen LogP contribution in [0.4, 0.5) is 0 Å². The molecule has 0 aromatic carbocycles. The van der Waals surface area contributed by atoms with Crippen LogP contribution in [0.5, 0.6) is 0 Å². The van der Waals surface area contributed by atoms with Crippen molar-refractivity contribution in [3.63, 3.8) is 0 Å². The van der Waals surface area contributed by atoms with E-state index in [-0.39, 0.29) is 5.84 Å². The molecule has 11 heavy (non-hydrogen) atoms. The van der Waals surface area contributed by atoms with Gasteiger partial charge < -0.3 is 5.32 Å². The number of likely N-dealkylation sites (N-methyl/N-ethyl adjacent to an activating group) is 1. The van der Waals surface area contributed by atoms with Gasteiger partial charge in [0.2, 0.25) is 5.84 Å². The van der Waals surface area contributed by atoms with Gasteiger partial charge in [0.25, 0.3) is 5.91 Å². The van der Waals surface area contributed by atoms with E-state index < -0.39 is 5.91 Å². The first-order chi connectivity index (χ1) is 5.26.